The van der Waals surface area contributed by atoms with Crippen LogP contribution in [0.1, 0.15) is 24.6 Å². The van der Waals surface area contributed by atoms with Gasteiger partial charge in [-0.3, -0.25) is 4.90 Å². The number of hydrogen-bond acceptors (Lipinski definition) is 4. The fraction of sp³-hybridized carbons (Fsp3) is 0.474. The van der Waals surface area contributed by atoms with E-state index >= 15 is 0 Å². The van der Waals surface area contributed by atoms with Crippen LogP contribution in [0.15, 0.2) is 36.8 Å². The summed E-state index contributed by atoms with van der Waals surface area (Å²) in [4.78, 5) is 11.5. The Bertz CT molecular complexity index is 864. The third-order valence-corrected chi connectivity index (χ3v) is 5.47. The molecule has 0 amide bonds. The van der Waals surface area contributed by atoms with E-state index in [1.54, 1.807) is 0 Å². The molecule has 0 bridgehead atoms. The molecule has 6 nitrogen and oxygen atoms in total. The van der Waals surface area contributed by atoms with Gasteiger partial charge in [-0.1, -0.05) is 12.1 Å². The van der Waals surface area contributed by atoms with Crippen LogP contribution in [-0.2, 0) is 14.1 Å². The Labute approximate surface area is 148 Å². The van der Waals surface area contributed by atoms with Gasteiger partial charge in [0.2, 0.25) is 5.95 Å². The van der Waals surface area contributed by atoms with Gasteiger partial charge in [-0.15, -0.1) is 0 Å². The summed E-state index contributed by atoms with van der Waals surface area (Å²) in [6, 6.07) is 8.66. The Morgan fingerprint density at radius 2 is 2.04 bits per heavy atom. The van der Waals surface area contributed by atoms with Crippen molar-refractivity contribution in [2.45, 2.75) is 18.9 Å². The van der Waals surface area contributed by atoms with Crippen molar-refractivity contribution in [3.05, 3.63) is 42.5 Å². The lowest BCUT2D eigenvalue weighted by molar-refractivity contribution is 0.122. The van der Waals surface area contributed by atoms with E-state index in [1.165, 1.54) is 18.5 Å². The number of likely N-dealkylation sites (tertiary alicyclic amines) is 1. The van der Waals surface area contributed by atoms with Gasteiger partial charge in [-0.2, -0.15) is 0 Å². The molecule has 3 aromatic rings. The number of fused-ring (bicyclic) bond motifs is 1. The van der Waals surface area contributed by atoms with Gasteiger partial charge in [0, 0.05) is 26.8 Å². The summed E-state index contributed by atoms with van der Waals surface area (Å²) in [5.74, 6) is 1.48. The maximum Gasteiger partial charge on any atom is 0.203 e. The highest BCUT2D eigenvalue weighted by Crippen LogP contribution is 2.34. The van der Waals surface area contributed by atoms with Crippen molar-refractivity contribution in [3.63, 3.8) is 0 Å². The lowest BCUT2D eigenvalue weighted by Gasteiger charge is -2.39. The van der Waals surface area contributed by atoms with Crippen molar-refractivity contribution in [1.82, 2.24) is 24.0 Å². The minimum absolute atomic E-state index is 0.392. The van der Waals surface area contributed by atoms with Gasteiger partial charge in [-0.25, -0.2) is 9.97 Å². The molecule has 0 unspecified atom stereocenters. The van der Waals surface area contributed by atoms with E-state index in [-0.39, 0.29) is 0 Å². The number of anilines is 1. The normalized spacial score (nSPS) is 21.7. The molecular formula is C19H26N6. The smallest absolute Gasteiger partial charge is 0.203 e. The summed E-state index contributed by atoms with van der Waals surface area (Å²) < 4.78 is 4.29. The van der Waals surface area contributed by atoms with Gasteiger partial charge in [0.25, 0.3) is 0 Å². The fourth-order valence-corrected chi connectivity index (χ4v) is 4.12. The SMILES string of the molecule is CN1CCC[C@@H](CNc2nc3ccccc3n2C)[C@@H]1c1cncn1C. The van der Waals surface area contributed by atoms with Crippen molar-refractivity contribution < 1.29 is 0 Å². The Balaban J connectivity index is 1.55. The molecular weight excluding hydrogens is 312 g/mol. The second kappa shape index (κ2) is 6.52. The first-order chi connectivity index (χ1) is 12.1. The average Bonchev–Trinajstić information content (AvgIpc) is 3.17. The van der Waals surface area contributed by atoms with Crippen LogP contribution < -0.4 is 5.32 Å². The maximum atomic E-state index is 4.74. The van der Waals surface area contributed by atoms with Crippen LogP contribution in [-0.4, -0.2) is 44.1 Å². The highest BCUT2D eigenvalue weighted by atomic mass is 15.2. The zero-order chi connectivity index (χ0) is 17.4. The maximum absolute atomic E-state index is 4.74. The molecule has 3 heterocycles. The fourth-order valence-electron chi connectivity index (χ4n) is 4.12. The van der Waals surface area contributed by atoms with E-state index in [0.29, 0.717) is 12.0 Å². The average molecular weight is 338 g/mol. The van der Waals surface area contributed by atoms with Crippen LogP contribution >= 0.6 is 0 Å². The molecule has 1 aliphatic heterocycles. The summed E-state index contributed by atoms with van der Waals surface area (Å²) in [6.07, 6.45) is 6.36. The highest BCUT2D eigenvalue weighted by Gasteiger charge is 2.32. The summed E-state index contributed by atoms with van der Waals surface area (Å²) in [5.41, 5.74) is 3.49. The van der Waals surface area contributed by atoms with Crippen LogP contribution in [0.3, 0.4) is 0 Å². The van der Waals surface area contributed by atoms with E-state index in [4.69, 9.17) is 4.98 Å². The molecule has 1 N–H and O–H groups in total. The van der Waals surface area contributed by atoms with Crippen LogP contribution in [0.25, 0.3) is 11.0 Å². The van der Waals surface area contributed by atoms with Gasteiger partial charge in [0.1, 0.15) is 0 Å². The molecule has 2 atom stereocenters. The monoisotopic (exact) mass is 338 g/mol. The van der Waals surface area contributed by atoms with Gasteiger partial charge in [-0.05, 0) is 44.5 Å². The second-order valence-electron chi connectivity index (χ2n) is 7.12. The van der Waals surface area contributed by atoms with E-state index in [9.17, 15) is 0 Å². The number of nitrogens with one attached hydrogen (secondary N) is 1. The van der Waals surface area contributed by atoms with Crippen LogP contribution in [0.2, 0.25) is 0 Å². The molecule has 132 valence electrons. The highest BCUT2D eigenvalue weighted by molar-refractivity contribution is 5.78. The Kier molecular flexibility index (Phi) is 4.21. The predicted octanol–water partition coefficient (Wildman–Crippen LogP) is 2.80. The van der Waals surface area contributed by atoms with Crippen molar-refractivity contribution in [1.29, 1.82) is 0 Å². The van der Waals surface area contributed by atoms with Crippen molar-refractivity contribution >= 4 is 17.0 Å². The van der Waals surface area contributed by atoms with Crippen molar-refractivity contribution in [3.8, 4) is 0 Å². The number of para-hydroxylation sites is 2. The first-order valence-corrected chi connectivity index (χ1v) is 8.97. The number of hydrogen-bond donors (Lipinski definition) is 1. The van der Waals surface area contributed by atoms with E-state index in [1.807, 2.05) is 18.6 Å². The summed E-state index contributed by atoms with van der Waals surface area (Å²) in [7, 11) is 6.38. The molecule has 25 heavy (non-hydrogen) atoms. The molecule has 0 aliphatic carbocycles. The van der Waals surface area contributed by atoms with Gasteiger partial charge >= 0.3 is 0 Å². The molecule has 2 aromatic heterocycles. The molecule has 1 aliphatic rings. The van der Waals surface area contributed by atoms with Crippen molar-refractivity contribution in [2.75, 3.05) is 25.5 Å². The molecule has 1 aromatic carbocycles. The lowest BCUT2D eigenvalue weighted by Crippen LogP contribution is -2.40. The first-order valence-electron chi connectivity index (χ1n) is 8.97. The number of aromatic nitrogens is 4. The van der Waals surface area contributed by atoms with Crippen molar-refractivity contribution in [2.24, 2.45) is 20.0 Å². The largest absolute Gasteiger partial charge is 0.355 e. The summed E-state index contributed by atoms with van der Waals surface area (Å²) >= 11 is 0. The molecule has 1 fully saturated rings. The number of piperidine rings is 1. The third-order valence-electron chi connectivity index (χ3n) is 5.47. The zero-order valence-corrected chi connectivity index (χ0v) is 15.2. The standard InChI is InChI=1S/C19H26N6/c1-23-10-6-7-14(18(23)17-12-20-13-24(17)2)11-21-19-22-15-8-4-5-9-16(15)25(19)3/h4-5,8-9,12-14,18H,6-7,10-11H2,1-3H3,(H,21,22)/t14-,18+/m0/s1. The topological polar surface area (TPSA) is 50.9 Å². The summed E-state index contributed by atoms with van der Waals surface area (Å²) in [5, 5.41) is 3.60. The number of rotatable bonds is 4. The van der Waals surface area contributed by atoms with Gasteiger partial charge in [0.05, 0.1) is 29.1 Å². The molecule has 0 spiro atoms. The molecule has 0 saturated carbocycles. The third kappa shape index (κ3) is 2.91. The quantitative estimate of drug-likeness (QED) is 0.795. The molecule has 1 saturated heterocycles. The predicted molar refractivity (Wildman–Crippen MR) is 101 cm³/mol. The Morgan fingerprint density at radius 3 is 2.80 bits per heavy atom. The van der Waals surface area contributed by atoms with E-state index in [2.05, 4.69) is 63.7 Å². The second-order valence-corrected chi connectivity index (χ2v) is 7.12. The van der Waals surface area contributed by atoms with Crippen LogP contribution in [0, 0.1) is 5.92 Å². The Hall–Kier alpha value is -2.34. The van der Waals surface area contributed by atoms with Gasteiger partial charge in [0.15, 0.2) is 0 Å². The Morgan fingerprint density at radius 1 is 1.20 bits per heavy atom. The number of imidazole rings is 2. The molecule has 6 heteroatoms. The first kappa shape index (κ1) is 16.1. The minimum atomic E-state index is 0.392. The molecule has 0 radical (unpaired) electrons. The lowest BCUT2D eigenvalue weighted by atomic mass is 9.87. The van der Waals surface area contributed by atoms with Crippen LogP contribution in [0.4, 0.5) is 5.95 Å². The zero-order valence-electron chi connectivity index (χ0n) is 15.2. The van der Waals surface area contributed by atoms with Crippen LogP contribution in [0.5, 0.6) is 0 Å². The van der Waals surface area contributed by atoms with E-state index < -0.39 is 0 Å². The number of nitrogens with zero attached hydrogens (tertiary/aromatic N) is 5. The number of aryl methyl sites for hydroxylation is 2. The summed E-state index contributed by atoms with van der Waals surface area (Å²) in [6.45, 7) is 2.05. The molecule has 4 rings (SSSR count). The van der Waals surface area contributed by atoms with E-state index in [0.717, 1.165) is 30.1 Å². The minimum Gasteiger partial charge on any atom is -0.355 e. The van der Waals surface area contributed by atoms with Gasteiger partial charge < -0.3 is 14.5 Å². The number of benzene rings is 1.